The Hall–Kier alpha value is -1.52. The van der Waals surface area contributed by atoms with Crippen molar-refractivity contribution in [1.29, 1.82) is 0 Å². The molecule has 7 nitrogen and oxygen atoms in total. The summed E-state index contributed by atoms with van der Waals surface area (Å²) in [5, 5.41) is 2.31. The van der Waals surface area contributed by atoms with Gasteiger partial charge in [0.2, 0.25) is 0 Å². The van der Waals surface area contributed by atoms with E-state index in [1.54, 1.807) is 17.7 Å². The Morgan fingerprint density at radius 1 is 1.06 bits per heavy atom. The lowest BCUT2D eigenvalue weighted by Crippen LogP contribution is -2.39. The predicted molar refractivity (Wildman–Crippen MR) is 139 cm³/mol. The second-order valence-corrected chi connectivity index (χ2v) is 12.2. The third kappa shape index (κ3) is 4.41. The minimum atomic E-state index is -0.198. The lowest BCUT2D eigenvalue weighted by molar-refractivity contribution is -0.0396. The third-order valence-electron chi connectivity index (χ3n) is 7.18. The molecule has 0 N–H and O–H groups in total. The predicted octanol–water partition coefficient (Wildman–Crippen LogP) is 4.51. The molecule has 0 aromatic carbocycles. The van der Waals surface area contributed by atoms with Crippen LogP contribution in [0.4, 0.5) is 5.82 Å². The quantitative estimate of drug-likeness (QED) is 0.375. The molecule has 0 spiro atoms. The number of aromatic nitrogens is 3. The first-order valence-corrected chi connectivity index (χ1v) is 14.3. The van der Waals surface area contributed by atoms with E-state index in [1.807, 2.05) is 11.8 Å². The summed E-state index contributed by atoms with van der Waals surface area (Å²) in [4.78, 5) is 20.7. The van der Waals surface area contributed by atoms with Crippen LogP contribution in [-0.4, -0.2) is 77.1 Å². The molecule has 0 unspecified atom stereocenters. The molecule has 6 rings (SSSR count). The number of likely N-dealkylation sites (tertiary alicyclic amines) is 1. The Morgan fingerprint density at radius 2 is 1.88 bits per heavy atom. The average molecular weight is 500 g/mol. The molecule has 0 amide bonds. The smallest absolute Gasteiger partial charge is 0.136 e. The van der Waals surface area contributed by atoms with Gasteiger partial charge in [-0.1, -0.05) is 6.42 Å². The molecule has 2 saturated heterocycles. The molecule has 0 radical (unpaired) electrons. The van der Waals surface area contributed by atoms with E-state index >= 15 is 0 Å². The molecule has 0 aliphatic carbocycles. The van der Waals surface area contributed by atoms with Crippen molar-refractivity contribution in [3.63, 3.8) is 0 Å². The summed E-state index contributed by atoms with van der Waals surface area (Å²) in [6.45, 7) is 11.8. The van der Waals surface area contributed by atoms with Crippen molar-refractivity contribution in [2.75, 3.05) is 56.6 Å². The fraction of sp³-hybridized carbons (Fsp3) is 0.640. The van der Waals surface area contributed by atoms with Crippen LogP contribution in [0.2, 0.25) is 0 Å². The summed E-state index contributed by atoms with van der Waals surface area (Å²) in [5.74, 6) is 2.13. The van der Waals surface area contributed by atoms with Crippen molar-refractivity contribution in [3.05, 3.63) is 17.5 Å². The zero-order valence-corrected chi connectivity index (χ0v) is 21.8. The number of hydrogen-bond donors (Lipinski definition) is 0. The highest BCUT2D eigenvalue weighted by Gasteiger charge is 2.33. The highest BCUT2D eigenvalue weighted by atomic mass is 32.2. The zero-order valence-electron chi connectivity index (χ0n) is 20.1. The third-order valence-corrected chi connectivity index (χ3v) is 9.36. The monoisotopic (exact) mass is 499 g/mol. The Bertz CT molecular complexity index is 1190. The number of anilines is 1. The van der Waals surface area contributed by atoms with E-state index in [9.17, 15) is 0 Å². The molecule has 182 valence electrons. The molecule has 3 aliphatic rings. The average Bonchev–Trinajstić information content (AvgIpc) is 3.24. The molecule has 34 heavy (non-hydrogen) atoms. The lowest BCUT2D eigenvalue weighted by Gasteiger charge is -2.36. The van der Waals surface area contributed by atoms with Crippen LogP contribution in [-0.2, 0) is 22.5 Å². The number of thioether (sulfide) groups is 1. The van der Waals surface area contributed by atoms with Gasteiger partial charge < -0.3 is 19.3 Å². The second kappa shape index (κ2) is 9.50. The van der Waals surface area contributed by atoms with Crippen molar-refractivity contribution in [1.82, 2.24) is 19.9 Å². The van der Waals surface area contributed by atoms with Crippen LogP contribution in [0.1, 0.15) is 44.2 Å². The lowest BCUT2D eigenvalue weighted by atomic mass is 9.90. The summed E-state index contributed by atoms with van der Waals surface area (Å²) in [5.41, 5.74) is 3.45. The standard InChI is InChI=1S/C25H33N5O2S2/c1-25(2)14-17-18(15-32-25)22(30-8-11-31-12-9-30)28-23-19(17)20-21(34-23)24(27-16-26-20)33-13-10-29-6-4-3-5-7-29/h16H,3-15H2,1-2H3. The first kappa shape index (κ1) is 22.9. The number of morpholine rings is 1. The fourth-order valence-corrected chi connectivity index (χ4v) is 7.59. The van der Waals surface area contributed by atoms with Gasteiger partial charge in [0.15, 0.2) is 0 Å². The van der Waals surface area contributed by atoms with E-state index in [-0.39, 0.29) is 5.60 Å². The molecule has 0 saturated carbocycles. The summed E-state index contributed by atoms with van der Waals surface area (Å²) in [6, 6.07) is 0. The van der Waals surface area contributed by atoms with Gasteiger partial charge in [0.1, 0.15) is 22.0 Å². The molecule has 9 heteroatoms. The molecule has 0 bridgehead atoms. The first-order chi connectivity index (χ1) is 16.6. The maximum atomic E-state index is 6.26. The molecule has 3 aliphatic heterocycles. The zero-order chi connectivity index (χ0) is 23.1. The number of nitrogens with zero attached hydrogens (tertiary/aromatic N) is 5. The van der Waals surface area contributed by atoms with Crippen molar-refractivity contribution in [3.8, 4) is 0 Å². The molecule has 2 fully saturated rings. The summed E-state index contributed by atoms with van der Waals surface area (Å²) < 4.78 is 13.0. The van der Waals surface area contributed by atoms with Crippen LogP contribution in [0, 0.1) is 0 Å². The van der Waals surface area contributed by atoms with Crippen molar-refractivity contribution in [2.24, 2.45) is 0 Å². The Morgan fingerprint density at radius 3 is 2.71 bits per heavy atom. The van der Waals surface area contributed by atoms with Crippen molar-refractivity contribution >= 4 is 49.3 Å². The van der Waals surface area contributed by atoms with Gasteiger partial charge in [0, 0.05) is 42.8 Å². The van der Waals surface area contributed by atoms with Gasteiger partial charge in [0.25, 0.3) is 0 Å². The summed E-state index contributed by atoms with van der Waals surface area (Å²) in [6.07, 6.45) is 6.65. The van der Waals surface area contributed by atoms with E-state index in [0.717, 1.165) is 66.2 Å². The Balaban J connectivity index is 1.39. The highest BCUT2D eigenvalue weighted by molar-refractivity contribution is 7.99. The maximum Gasteiger partial charge on any atom is 0.136 e. The van der Waals surface area contributed by atoms with E-state index in [0.29, 0.717) is 6.61 Å². The summed E-state index contributed by atoms with van der Waals surface area (Å²) >= 11 is 3.62. The minimum absolute atomic E-state index is 0.198. The van der Waals surface area contributed by atoms with E-state index in [4.69, 9.17) is 24.4 Å². The Labute approximate surface area is 209 Å². The van der Waals surface area contributed by atoms with E-state index < -0.39 is 0 Å². The number of fused-ring (bicyclic) bond motifs is 5. The van der Waals surface area contributed by atoms with Crippen LogP contribution in [0.5, 0.6) is 0 Å². The molecule has 3 aromatic rings. The maximum absolute atomic E-state index is 6.26. The van der Waals surface area contributed by atoms with Gasteiger partial charge in [-0.3, -0.25) is 0 Å². The number of ether oxygens (including phenoxy) is 2. The minimum Gasteiger partial charge on any atom is -0.378 e. The van der Waals surface area contributed by atoms with Crippen molar-refractivity contribution in [2.45, 2.75) is 56.8 Å². The molecule has 0 atom stereocenters. The van der Waals surface area contributed by atoms with Gasteiger partial charge in [-0.25, -0.2) is 15.0 Å². The van der Waals surface area contributed by atoms with Gasteiger partial charge in [-0.2, -0.15) is 0 Å². The van der Waals surface area contributed by atoms with Gasteiger partial charge in [0.05, 0.1) is 35.6 Å². The number of hydrogen-bond acceptors (Lipinski definition) is 9. The van der Waals surface area contributed by atoms with E-state index in [2.05, 4.69) is 23.6 Å². The van der Waals surface area contributed by atoms with Gasteiger partial charge in [-0.15, -0.1) is 23.1 Å². The molecular formula is C25H33N5O2S2. The van der Waals surface area contributed by atoms with Crippen LogP contribution in [0.15, 0.2) is 11.4 Å². The molecular weight excluding hydrogens is 466 g/mol. The Kier molecular flexibility index (Phi) is 6.40. The van der Waals surface area contributed by atoms with E-state index in [1.165, 1.54) is 53.6 Å². The first-order valence-electron chi connectivity index (χ1n) is 12.5. The van der Waals surface area contributed by atoms with Gasteiger partial charge in [-0.05, 0) is 45.3 Å². The molecule has 3 aromatic heterocycles. The van der Waals surface area contributed by atoms with Crippen molar-refractivity contribution < 1.29 is 9.47 Å². The fourth-order valence-electron chi connectivity index (χ4n) is 5.36. The topological polar surface area (TPSA) is 63.6 Å². The number of rotatable bonds is 5. The largest absolute Gasteiger partial charge is 0.378 e. The second-order valence-electron chi connectivity index (χ2n) is 10.1. The normalized spacial score (nSPS) is 21.3. The summed E-state index contributed by atoms with van der Waals surface area (Å²) in [7, 11) is 0. The van der Waals surface area contributed by atoms with Gasteiger partial charge >= 0.3 is 0 Å². The van der Waals surface area contributed by atoms with Crippen LogP contribution in [0.25, 0.3) is 20.4 Å². The van der Waals surface area contributed by atoms with Crippen LogP contribution in [0.3, 0.4) is 0 Å². The number of piperidine rings is 1. The highest BCUT2D eigenvalue weighted by Crippen LogP contribution is 2.44. The molecule has 6 heterocycles. The van der Waals surface area contributed by atoms with Crippen LogP contribution < -0.4 is 4.90 Å². The number of pyridine rings is 1. The van der Waals surface area contributed by atoms with Crippen LogP contribution >= 0.6 is 23.1 Å². The number of thiophene rings is 1. The SMILES string of the molecule is CC1(C)Cc2c(c(N3CCOCC3)nc3sc4c(SCCN5CCCCC5)ncnc4c23)CO1.